The molecule has 1 rings (SSSR count). The molecule has 2 amide bonds. The summed E-state index contributed by atoms with van der Waals surface area (Å²) >= 11 is 0. The SMILES string of the molecule is CC=NC(=O)N(N)NC(O)c1ccccc1.O=C(O)C(=O)O. The Kier molecular flexibility index (Phi) is 8.71. The highest BCUT2D eigenvalue weighted by molar-refractivity contribution is 6.27. The van der Waals surface area contributed by atoms with E-state index in [4.69, 9.17) is 25.6 Å². The lowest BCUT2D eigenvalue weighted by Crippen LogP contribution is -2.48. The van der Waals surface area contributed by atoms with E-state index in [2.05, 4.69) is 10.4 Å². The van der Waals surface area contributed by atoms with Gasteiger partial charge in [0.15, 0.2) is 0 Å². The number of aliphatic hydroxyl groups is 1. The fourth-order valence-corrected chi connectivity index (χ4v) is 1.07. The van der Waals surface area contributed by atoms with Gasteiger partial charge in [0.1, 0.15) is 6.23 Å². The summed E-state index contributed by atoms with van der Waals surface area (Å²) in [5, 5.41) is 25.1. The van der Waals surface area contributed by atoms with Gasteiger partial charge in [-0.3, -0.25) is 0 Å². The second-order valence-corrected chi connectivity index (χ2v) is 3.59. The van der Waals surface area contributed by atoms with Crippen LogP contribution in [-0.4, -0.2) is 44.6 Å². The maximum Gasteiger partial charge on any atom is 0.414 e. The van der Waals surface area contributed by atoms with Gasteiger partial charge < -0.3 is 15.3 Å². The number of carbonyl (C=O) groups excluding carboxylic acids is 1. The van der Waals surface area contributed by atoms with Crippen LogP contribution in [0, 0.1) is 0 Å². The van der Waals surface area contributed by atoms with E-state index in [1.54, 1.807) is 31.2 Å². The number of nitrogens with one attached hydrogen (secondary N) is 1. The molecule has 0 aliphatic rings. The van der Waals surface area contributed by atoms with Crippen molar-refractivity contribution in [2.45, 2.75) is 13.2 Å². The van der Waals surface area contributed by atoms with E-state index in [1.807, 2.05) is 6.07 Å². The second-order valence-electron chi connectivity index (χ2n) is 3.59. The molecule has 0 aliphatic heterocycles. The topological polar surface area (TPSA) is 166 Å². The number of amides is 2. The molecule has 120 valence electrons. The Morgan fingerprint density at radius 2 is 1.73 bits per heavy atom. The van der Waals surface area contributed by atoms with Crippen LogP contribution in [0.15, 0.2) is 35.3 Å². The van der Waals surface area contributed by atoms with Crippen LogP contribution in [0.25, 0.3) is 0 Å². The number of nitrogens with zero attached hydrogens (tertiary/aromatic N) is 2. The molecule has 0 spiro atoms. The molecule has 6 N–H and O–H groups in total. The summed E-state index contributed by atoms with van der Waals surface area (Å²) in [5.74, 6) is 1.69. The Morgan fingerprint density at radius 3 is 2.14 bits per heavy atom. The maximum absolute atomic E-state index is 11.1. The number of aliphatic imine (C=N–C) groups is 1. The van der Waals surface area contributed by atoms with Gasteiger partial charge in [0.25, 0.3) is 0 Å². The van der Waals surface area contributed by atoms with Gasteiger partial charge in [-0.25, -0.2) is 25.2 Å². The molecule has 1 atom stereocenters. The lowest BCUT2D eigenvalue weighted by Gasteiger charge is -2.19. The monoisotopic (exact) mass is 312 g/mol. The molecule has 0 heterocycles. The molecule has 0 fully saturated rings. The summed E-state index contributed by atoms with van der Waals surface area (Å²) in [6.07, 6.45) is 0.265. The van der Waals surface area contributed by atoms with E-state index in [-0.39, 0.29) is 0 Å². The zero-order valence-electron chi connectivity index (χ0n) is 11.6. The highest BCUT2D eigenvalue weighted by Crippen LogP contribution is 2.08. The zero-order valence-corrected chi connectivity index (χ0v) is 11.6. The van der Waals surface area contributed by atoms with E-state index < -0.39 is 24.2 Å². The Bertz CT molecular complexity index is 522. The van der Waals surface area contributed by atoms with E-state index in [0.717, 1.165) is 0 Å². The van der Waals surface area contributed by atoms with Gasteiger partial charge in [0.05, 0.1) is 0 Å². The molecule has 0 saturated heterocycles. The number of carbonyl (C=O) groups is 3. The van der Waals surface area contributed by atoms with E-state index in [0.29, 0.717) is 10.7 Å². The first-order valence-corrected chi connectivity index (χ1v) is 5.82. The first-order valence-electron chi connectivity index (χ1n) is 5.82. The van der Waals surface area contributed by atoms with Crippen molar-refractivity contribution in [3.63, 3.8) is 0 Å². The molecule has 1 unspecified atom stereocenters. The summed E-state index contributed by atoms with van der Waals surface area (Å²) in [4.78, 5) is 32.8. The maximum atomic E-state index is 11.1. The second kappa shape index (κ2) is 9.99. The summed E-state index contributed by atoms with van der Waals surface area (Å²) in [5.41, 5.74) is 2.99. The molecule has 0 aliphatic carbocycles. The minimum absolute atomic E-state index is 0.603. The number of carboxylic acids is 2. The normalized spacial score (nSPS) is 11.2. The van der Waals surface area contributed by atoms with Gasteiger partial charge in [-0.05, 0) is 12.5 Å². The van der Waals surface area contributed by atoms with Crippen molar-refractivity contribution in [2.75, 3.05) is 0 Å². The Morgan fingerprint density at radius 1 is 1.23 bits per heavy atom. The summed E-state index contributed by atoms with van der Waals surface area (Å²) in [7, 11) is 0. The highest BCUT2D eigenvalue weighted by atomic mass is 16.4. The third kappa shape index (κ3) is 7.69. The molecular formula is C12H16N4O6. The Balaban J connectivity index is 0.000000626. The summed E-state index contributed by atoms with van der Waals surface area (Å²) in [6.45, 7) is 1.60. The number of aliphatic hydroxyl groups excluding tert-OH is 1. The molecule has 1 aromatic carbocycles. The molecule has 10 heteroatoms. The molecule has 1 aromatic rings. The standard InChI is InChI=1S/C10H14N4O2.C2H2O4/c1-2-12-10(16)14(11)13-9(15)8-6-4-3-5-7-8;3-1(4)2(5)6/h2-7,9,13,15H,11H2,1H3;(H,3,4)(H,5,6). The van der Waals surface area contributed by atoms with Crippen molar-refractivity contribution >= 4 is 24.2 Å². The average molecular weight is 312 g/mol. The van der Waals surface area contributed by atoms with Crippen LogP contribution in [0.4, 0.5) is 4.79 Å². The predicted molar refractivity (Wildman–Crippen MR) is 75.4 cm³/mol. The van der Waals surface area contributed by atoms with E-state index in [9.17, 15) is 9.90 Å². The number of hydrazine groups is 2. The largest absolute Gasteiger partial charge is 0.473 e. The number of carboxylic acid groups (broad SMARTS) is 2. The summed E-state index contributed by atoms with van der Waals surface area (Å²) in [6, 6.07) is 8.10. The molecule has 0 radical (unpaired) electrons. The number of nitrogens with two attached hydrogens (primary N) is 1. The predicted octanol–water partition coefficient (Wildman–Crippen LogP) is -0.276. The first kappa shape index (κ1) is 19.2. The van der Waals surface area contributed by atoms with E-state index in [1.165, 1.54) is 6.21 Å². The fourth-order valence-electron chi connectivity index (χ4n) is 1.07. The van der Waals surface area contributed by atoms with Crippen molar-refractivity contribution in [1.82, 2.24) is 10.5 Å². The van der Waals surface area contributed by atoms with Gasteiger partial charge in [0, 0.05) is 6.21 Å². The Labute approximate surface area is 125 Å². The van der Waals surface area contributed by atoms with Gasteiger partial charge in [-0.2, -0.15) is 10.5 Å². The number of hydrogen-bond donors (Lipinski definition) is 5. The van der Waals surface area contributed by atoms with Gasteiger partial charge in [-0.1, -0.05) is 30.3 Å². The van der Waals surface area contributed by atoms with Gasteiger partial charge >= 0.3 is 18.0 Å². The fraction of sp³-hybridized carbons (Fsp3) is 0.167. The molecule has 0 bridgehead atoms. The van der Waals surface area contributed by atoms with Crippen LogP contribution >= 0.6 is 0 Å². The zero-order chi connectivity index (χ0) is 17.1. The van der Waals surface area contributed by atoms with Crippen LogP contribution < -0.4 is 11.3 Å². The number of benzene rings is 1. The number of urea groups is 1. The highest BCUT2D eigenvalue weighted by Gasteiger charge is 2.13. The summed E-state index contributed by atoms with van der Waals surface area (Å²) < 4.78 is 0. The van der Waals surface area contributed by atoms with Crippen LogP contribution in [0.3, 0.4) is 0 Å². The smallest absolute Gasteiger partial charge is 0.414 e. The van der Waals surface area contributed by atoms with Crippen molar-refractivity contribution in [3.05, 3.63) is 35.9 Å². The van der Waals surface area contributed by atoms with Crippen LogP contribution in [-0.2, 0) is 9.59 Å². The van der Waals surface area contributed by atoms with Crippen LogP contribution in [0.5, 0.6) is 0 Å². The van der Waals surface area contributed by atoms with Crippen molar-refractivity contribution in [3.8, 4) is 0 Å². The van der Waals surface area contributed by atoms with E-state index >= 15 is 0 Å². The molecule has 10 nitrogen and oxygen atoms in total. The lowest BCUT2D eigenvalue weighted by molar-refractivity contribution is -0.159. The van der Waals surface area contributed by atoms with Crippen LogP contribution in [0.2, 0.25) is 0 Å². The number of hydrogen-bond acceptors (Lipinski definition) is 6. The third-order valence-electron chi connectivity index (χ3n) is 2.01. The number of rotatable bonds is 3. The average Bonchev–Trinajstić information content (AvgIpc) is 2.48. The number of aliphatic carboxylic acids is 2. The molecule has 22 heavy (non-hydrogen) atoms. The van der Waals surface area contributed by atoms with Crippen molar-refractivity contribution in [2.24, 2.45) is 10.8 Å². The molecular weight excluding hydrogens is 296 g/mol. The molecule has 0 aromatic heterocycles. The molecule has 0 saturated carbocycles. The minimum atomic E-state index is -1.82. The third-order valence-corrected chi connectivity index (χ3v) is 2.01. The van der Waals surface area contributed by atoms with Gasteiger partial charge in [0.2, 0.25) is 0 Å². The van der Waals surface area contributed by atoms with Crippen molar-refractivity contribution < 1.29 is 29.7 Å². The van der Waals surface area contributed by atoms with Crippen molar-refractivity contribution in [1.29, 1.82) is 0 Å². The first-order chi connectivity index (χ1) is 10.3. The quantitative estimate of drug-likeness (QED) is 0.127. The van der Waals surface area contributed by atoms with Crippen LogP contribution in [0.1, 0.15) is 18.7 Å². The lowest BCUT2D eigenvalue weighted by atomic mass is 10.2. The minimum Gasteiger partial charge on any atom is -0.473 e. The van der Waals surface area contributed by atoms with Gasteiger partial charge in [-0.15, -0.1) is 0 Å². The Hall–Kier alpha value is -2.82.